The molecule has 4 N–H and O–H groups in total. The number of carbonyl (C=O) groups excluding carboxylic acids is 1. The van der Waals surface area contributed by atoms with Crippen molar-refractivity contribution in [1.82, 2.24) is 9.71 Å². The number of nitrogens with zero attached hydrogens (tertiary/aromatic N) is 1. The first kappa shape index (κ1) is 13.0. The molecule has 0 atom stereocenters. The van der Waals surface area contributed by atoms with E-state index < -0.39 is 16.3 Å². The molecule has 1 aromatic heterocycles. The van der Waals surface area contributed by atoms with Crippen LogP contribution in [0.25, 0.3) is 0 Å². The van der Waals surface area contributed by atoms with Gasteiger partial charge >= 0.3 is 16.3 Å². The van der Waals surface area contributed by atoms with Gasteiger partial charge in [0.2, 0.25) is 0 Å². The van der Waals surface area contributed by atoms with Gasteiger partial charge in [-0.15, -0.1) is 0 Å². The summed E-state index contributed by atoms with van der Waals surface area (Å²) in [5, 5.41) is 0. The van der Waals surface area contributed by atoms with Gasteiger partial charge in [0.1, 0.15) is 5.82 Å². The van der Waals surface area contributed by atoms with Crippen LogP contribution in [0.4, 0.5) is 16.3 Å². The van der Waals surface area contributed by atoms with E-state index in [2.05, 4.69) is 14.4 Å². The molecule has 0 bridgehead atoms. The Kier molecular flexibility index (Phi) is 3.73. The summed E-state index contributed by atoms with van der Waals surface area (Å²) in [6.07, 6.45) is 0.203. The SMILES string of the molecule is COC(=O)NS(=O)(=O)Nc1ncc(N)cc1C. The Bertz CT molecular complexity index is 528. The number of nitrogens with two attached hydrogens (primary N) is 1. The molecule has 0 spiro atoms. The van der Waals surface area contributed by atoms with Crippen molar-refractivity contribution in [3.8, 4) is 0 Å². The minimum absolute atomic E-state index is 0.0793. The molecular formula is C8H12N4O4S. The van der Waals surface area contributed by atoms with Crippen LogP contribution in [0.5, 0.6) is 0 Å². The molecule has 0 aliphatic carbocycles. The number of hydrogen-bond donors (Lipinski definition) is 3. The van der Waals surface area contributed by atoms with Gasteiger partial charge in [0.15, 0.2) is 0 Å². The van der Waals surface area contributed by atoms with Crippen LogP contribution < -0.4 is 15.2 Å². The lowest BCUT2D eigenvalue weighted by Gasteiger charge is -2.09. The molecule has 0 fully saturated rings. The predicted octanol–water partition coefficient (Wildman–Crippen LogP) is -0.0151. The lowest BCUT2D eigenvalue weighted by molar-refractivity contribution is 0.177. The molecule has 9 heteroatoms. The van der Waals surface area contributed by atoms with E-state index in [1.807, 2.05) is 0 Å². The highest BCUT2D eigenvalue weighted by atomic mass is 32.2. The van der Waals surface area contributed by atoms with Gasteiger partial charge in [-0.25, -0.2) is 19.2 Å². The summed E-state index contributed by atoms with van der Waals surface area (Å²) in [5.41, 5.74) is 6.40. The monoisotopic (exact) mass is 260 g/mol. The lowest BCUT2D eigenvalue weighted by Crippen LogP contribution is -2.35. The molecule has 0 aromatic carbocycles. The molecular weight excluding hydrogens is 248 g/mol. The molecule has 1 heterocycles. The number of aryl methyl sites for hydroxylation is 1. The minimum Gasteiger partial charge on any atom is -0.452 e. The lowest BCUT2D eigenvalue weighted by atomic mass is 10.3. The first-order valence-electron chi connectivity index (χ1n) is 4.44. The third kappa shape index (κ3) is 3.79. The van der Waals surface area contributed by atoms with E-state index >= 15 is 0 Å². The second-order valence-corrected chi connectivity index (χ2v) is 4.55. The Labute approximate surface area is 98.4 Å². The van der Waals surface area contributed by atoms with Gasteiger partial charge in [-0.1, -0.05) is 0 Å². The van der Waals surface area contributed by atoms with Crippen molar-refractivity contribution < 1.29 is 17.9 Å². The number of hydrogen-bond acceptors (Lipinski definition) is 6. The third-order valence-electron chi connectivity index (χ3n) is 1.73. The van der Waals surface area contributed by atoms with Crippen molar-refractivity contribution in [1.29, 1.82) is 0 Å². The second-order valence-electron chi connectivity index (χ2n) is 3.13. The second kappa shape index (κ2) is 4.87. The van der Waals surface area contributed by atoms with Gasteiger partial charge in [0.25, 0.3) is 0 Å². The number of pyridine rings is 1. The molecule has 0 unspecified atom stereocenters. The first-order valence-corrected chi connectivity index (χ1v) is 5.93. The van der Waals surface area contributed by atoms with E-state index in [0.29, 0.717) is 11.3 Å². The van der Waals surface area contributed by atoms with Crippen LogP contribution >= 0.6 is 0 Å². The maximum atomic E-state index is 11.4. The van der Waals surface area contributed by atoms with E-state index in [9.17, 15) is 13.2 Å². The number of anilines is 2. The Morgan fingerprint density at radius 1 is 1.53 bits per heavy atom. The standard InChI is InChI=1S/C8H12N4O4S/c1-5-3-6(9)4-10-7(5)11-17(14,15)12-8(13)16-2/h3-4H,9H2,1-2H3,(H,10,11)(H,12,13). The molecule has 94 valence electrons. The normalized spacial score (nSPS) is 10.7. The molecule has 1 amide bonds. The van der Waals surface area contributed by atoms with E-state index in [1.165, 1.54) is 6.20 Å². The number of ether oxygens (including phenoxy) is 1. The van der Waals surface area contributed by atoms with E-state index in [0.717, 1.165) is 7.11 Å². The van der Waals surface area contributed by atoms with Crippen molar-refractivity contribution in [2.45, 2.75) is 6.92 Å². The number of rotatable bonds is 3. The topological polar surface area (TPSA) is 123 Å². The van der Waals surface area contributed by atoms with E-state index in [-0.39, 0.29) is 5.82 Å². The Hall–Kier alpha value is -2.03. The number of nitrogen functional groups attached to an aromatic ring is 1. The van der Waals surface area contributed by atoms with Gasteiger partial charge in [-0.2, -0.15) is 8.42 Å². The van der Waals surface area contributed by atoms with Crippen molar-refractivity contribution in [3.05, 3.63) is 17.8 Å². The summed E-state index contributed by atoms with van der Waals surface area (Å²) in [4.78, 5) is 14.6. The van der Waals surface area contributed by atoms with Gasteiger partial charge in [0, 0.05) is 0 Å². The molecule has 0 aliphatic rings. The average molecular weight is 260 g/mol. The highest BCUT2D eigenvalue weighted by molar-refractivity contribution is 7.91. The Morgan fingerprint density at radius 2 is 2.18 bits per heavy atom. The summed E-state index contributed by atoms with van der Waals surface area (Å²) >= 11 is 0. The predicted molar refractivity (Wildman–Crippen MR) is 61.5 cm³/mol. The Balaban J connectivity index is 2.87. The number of methoxy groups -OCH3 is 1. The minimum atomic E-state index is -4.06. The smallest absolute Gasteiger partial charge is 0.422 e. The fourth-order valence-electron chi connectivity index (χ4n) is 1.01. The van der Waals surface area contributed by atoms with E-state index in [4.69, 9.17) is 5.73 Å². The molecule has 1 rings (SSSR count). The maximum absolute atomic E-state index is 11.4. The summed E-state index contributed by atoms with van der Waals surface area (Å²) in [6.45, 7) is 1.62. The summed E-state index contributed by atoms with van der Waals surface area (Å²) < 4.78 is 30.7. The molecule has 0 saturated carbocycles. The molecule has 0 radical (unpaired) electrons. The fourth-order valence-corrected chi connectivity index (χ4v) is 1.83. The molecule has 17 heavy (non-hydrogen) atoms. The molecule has 8 nitrogen and oxygen atoms in total. The van der Waals surface area contributed by atoms with Crippen molar-refractivity contribution >= 4 is 27.8 Å². The zero-order valence-electron chi connectivity index (χ0n) is 9.22. The highest BCUT2D eigenvalue weighted by Gasteiger charge is 2.16. The quantitative estimate of drug-likeness (QED) is 0.702. The summed E-state index contributed by atoms with van der Waals surface area (Å²) in [7, 11) is -3.01. The molecule has 0 aliphatic heterocycles. The first-order chi connectivity index (χ1) is 7.84. The molecule has 1 aromatic rings. The van der Waals surface area contributed by atoms with Crippen LogP contribution in [-0.4, -0.2) is 26.6 Å². The molecule has 0 saturated heterocycles. The van der Waals surface area contributed by atoms with E-state index in [1.54, 1.807) is 17.7 Å². The maximum Gasteiger partial charge on any atom is 0.422 e. The number of nitrogens with one attached hydrogen (secondary N) is 2. The third-order valence-corrected chi connectivity index (χ3v) is 2.63. The number of carbonyl (C=O) groups is 1. The van der Waals surface area contributed by atoms with Crippen LogP contribution in [0.15, 0.2) is 12.3 Å². The zero-order chi connectivity index (χ0) is 13.1. The van der Waals surface area contributed by atoms with Crippen molar-refractivity contribution in [3.63, 3.8) is 0 Å². The number of amides is 1. The fraction of sp³-hybridized carbons (Fsp3) is 0.250. The Morgan fingerprint density at radius 3 is 2.71 bits per heavy atom. The summed E-state index contributed by atoms with van der Waals surface area (Å²) in [6, 6.07) is 1.54. The van der Waals surface area contributed by atoms with Crippen molar-refractivity contribution in [2.24, 2.45) is 0 Å². The summed E-state index contributed by atoms with van der Waals surface area (Å²) in [5.74, 6) is 0.0793. The van der Waals surface area contributed by atoms with Gasteiger partial charge in [-0.3, -0.25) is 0 Å². The van der Waals surface area contributed by atoms with Crippen molar-refractivity contribution in [2.75, 3.05) is 17.6 Å². The average Bonchev–Trinajstić information content (AvgIpc) is 2.21. The van der Waals surface area contributed by atoms with Gasteiger partial charge < -0.3 is 10.5 Å². The van der Waals surface area contributed by atoms with Crippen LogP contribution in [0.3, 0.4) is 0 Å². The van der Waals surface area contributed by atoms with Gasteiger partial charge in [-0.05, 0) is 18.6 Å². The van der Waals surface area contributed by atoms with Crippen LogP contribution in [0, 0.1) is 6.92 Å². The zero-order valence-corrected chi connectivity index (χ0v) is 10.0. The van der Waals surface area contributed by atoms with Crippen LogP contribution in [-0.2, 0) is 14.9 Å². The number of aromatic nitrogens is 1. The highest BCUT2D eigenvalue weighted by Crippen LogP contribution is 2.14. The van der Waals surface area contributed by atoms with Crippen LogP contribution in [0.2, 0.25) is 0 Å². The van der Waals surface area contributed by atoms with Gasteiger partial charge in [0.05, 0.1) is 19.0 Å². The largest absolute Gasteiger partial charge is 0.452 e. The van der Waals surface area contributed by atoms with Crippen LogP contribution in [0.1, 0.15) is 5.56 Å².